The molecule has 0 aliphatic carbocycles. The van der Waals surface area contributed by atoms with Crippen molar-refractivity contribution in [3.63, 3.8) is 0 Å². The molecule has 0 aliphatic rings. The molecule has 0 spiro atoms. The molecule has 35 heavy (non-hydrogen) atoms. The zero-order valence-corrected chi connectivity index (χ0v) is 20.7. The maximum absolute atomic E-state index is 13.0. The Bertz CT molecular complexity index is 1570. The molecule has 180 valence electrons. The molecule has 0 bridgehead atoms. The number of aromatic nitrogens is 2. The van der Waals surface area contributed by atoms with E-state index in [-0.39, 0.29) is 16.2 Å². The summed E-state index contributed by atoms with van der Waals surface area (Å²) in [5.41, 5.74) is 4.42. The number of hydrogen-bond donors (Lipinski definition) is 2. The van der Waals surface area contributed by atoms with Crippen LogP contribution < -0.4 is 15.0 Å². The van der Waals surface area contributed by atoms with Crippen molar-refractivity contribution < 1.29 is 13.2 Å². The molecule has 0 unspecified atom stereocenters. The summed E-state index contributed by atoms with van der Waals surface area (Å²) in [6.45, 7) is 5.65. The van der Waals surface area contributed by atoms with Crippen molar-refractivity contribution in [1.29, 1.82) is 0 Å². The average Bonchev–Trinajstić information content (AvgIpc) is 3.11. The van der Waals surface area contributed by atoms with Crippen molar-refractivity contribution >= 4 is 27.6 Å². The second-order valence-electron chi connectivity index (χ2n) is 8.19. The van der Waals surface area contributed by atoms with Gasteiger partial charge in [0.05, 0.1) is 23.3 Å². The molecule has 0 saturated carbocycles. The number of H-pyrrole nitrogens is 1. The number of sulfonamides is 1. The van der Waals surface area contributed by atoms with Crippen molar-refractivity contribution in [2.45, 2.75) is 25.7 Å². The number of anilines is 1. The quantitative estimate of drug-likeness (QED) is 0.368. The van der Waals surface area contributed by atoms with Gasteiger partial charge in [0.2, 0.25) is 0 Å². The van der Waals surface area contributed by atoms with Crippen LogP contribution in [0.1, 0.15) is 22.4 Å². The van der Waals surface area contributed by atoms with Gasteiger partial charge >= 0.3 is 0 Å². The van der Waals surface area contributed by atoms with Crippen LogP contribution in [-0.4, -0.2) is 31.5 Å². The molecule has 0 atom stereocenters. The van der Waals surface area contributed by atoms with Crippen molar-refractivity contribution in [2.75, 3.05) is 11.8 Å². The number of aryl methyl sites for hydroxylation is 3. The SMILES string of the molecule is COc1cc(S(=O)(=O)Nc2cccc(C)c2)ccc1N=Cc1c(C)[nH]n(-c2ccc(C)cc2)c1=O. The fourth-order valence-corrected chi connectivity index (χ4v) is 4.64. The monoisotopic (exact) mass is 490 g/mol. The first-order valence-corrected chi connectivity index (χ1v) is 12.4. The maximum Gasteiger partial charge on any atom is 0.280 e. The smallest absolute Gasteiger partial charge is 0.280 e. The highest BCUT2D eigenvalue weighted by molar-refractivity contribution is 7.92. The highest BCUT2D eigenvalue weighted by atomic mass is 32.2. The van der Waals surface area contributed by atoms with Gasteiger partial charge in [0.1, 0.15) is 11.4 Å². The molecule has 0 fully saturated rings. The molecule has 1 heterocycles. The highest BCUT2D eigenvalue weighted by Crippen LogP contribution is 2.31. The number of ether oxygens (including phenoxy) is 1. The molecule has 8 nitrogen and oxygen atoms in total. The van der Waals surface area contributed by atoms with E-state index in [2.05, 4.69) is 14.8 Å². The van der Waals surface area contributed by atoms with Gasteiger partial charge in [-0.1, -0.05) is 29.8 Å². The number of aromatic amines is 1. The number of benzene rings is 3. The van der Waals surface area contributed by atoms with E-state index in [4.69, 9.17) is 4.74 Å². The van der Waals surface area contributed by atoms with Crippen LogP contribution in [0.3, 0.4) is 0 Å². The molecule has 9 heteroatoms. The van der Waals surface area contributed by atoms with Crippen LogP contribution in [0.15, 0.2) is 81.4 Å². The first-order chi connectivity index (χ1) is 16.7. The predicted octanol–water partition coefficient (Wildman–Crippen LogP) is 4.65. The van der Waals surface area contributed by atoms with Gasteiger partial charge in [0.25, 0.3) is 15.6 Å². The fraction of sp³-hybridized carbons (Fsp3) is 0.154. The molecular weight excluding hydrogens is 464 g/mol. The number of nitrogens with one attached hydrogen (secondary N) is 2. The minimum absolute atomic E-state index is 0.0364. The Hall–Kier alpha value is -4.11. The Kier molecular flexibility index (Phi) is 6.61. The molecule has 0 saturated heterocycles. The molecule has 4 rings (SSSR count). The maximum atomic E-state index is 13.0. The Morgan fingerprint density at radius 1 is 0.971 bits per heavy atom. The second-order valence-corrected chi connectivity index (χ2v) is 9.88. The van der Waals surface area contributed by atoms with Gasteiger partial charge in [-0.3, -0.25) is 19.6 Å². The molecular formula is C26H26N4O4S. The molecule has 3 aromatic carbocycles. The minimum atomic E-state index is -3.83. The van der Waals surface area contributed by atoms with E-state index in [1.54, 1.807) is 31.2 Å². The van der Waals surface area contributed by atoms with E-state index < -0.39 is 10.0 Å². The summed E-state index contributed by atoms with van der Waals surface area (Å²) in [5, 5.41) is 3.06. The van der Waals surface area contributed by atoms with Crippen molar-refractivity contribution in [3.8, 4) is 11.4 Å². The zero-order chi connectivity index (χ0) is 25.2. The molecule has 0 amide bonds. The van der Waals surface area contributed by atoms with Crippen LogP contribution in [-0.2, 0) is 10.0 Å². The summed E-state index contributed by atoms with van der Waals surface area (Å²) in [6.07, 6.45) is 1.45. The molecule has 0 radical (unpaired) electrons. The highest BCUT2D eigenvalue weighted by Gasteiger charge is 2.17. The number of methoxy groups -OCH3 is 1. The van der Waals surface area contributed by atoms with Crippen molar-refractivity contribution in [3.05, 3.63) is 99.5 Å². The lowest BCUT2D eigenvalue weighted by molar-refractivity contribution is 0.415. The Morgan fingerprint density at radius 2 is 1.71 bits per heavy atom. The number of aliphatic imine (C=N–C) groups is 1. The van der Waals surface area contributed by atoms with E-state index >= 15 is 0 Å². The largest absolute Gasteiger partial charge is 0.494 e. The van der Waals surface area contributed by atoms with Crippen LogP contribution >= 0.6 is 0 Å². The number of rotatable bonds is 7. The topological polar surface area (TPSA) is 106 Å². The summed E-state index contributed by atoms with van der Waals surface area (Å²) in [5.74, 6) is 0.264. The van der Waals surface area contributed by atoms with E-state index in [1.807, 2.05) is 44.2 Å². The lowest BCUT2D eigenvalue weighted by Gasteiger charge is -2.11. The Balaban J connectivity index is 1.63. The first-order valence-electron chi connectivity index (χ1n) is 10.9. The number of hydrogen-bond acceptors (Lipinski definition) is 5. The van der Waals surface area contributed by atoms with Gasteiger partial charge < -0.3 is 4.74 Å². The van der Waals surface area contributed by atoms with Gasteiger partial charge in [-0.05, 0) is 62.7 Å². The lowest BCUT2D eigenvalue weighted by Crippen LogP contribution is -2.17. The third kappa shape index (κ3) is 5.20. The van der Waals surface area contributed by atoms with Crippen molar-refractivity contribution in [1.82, 2.24) is 9.78 Å². The standard InChI is InChI=1S/C26H26N4O4S/c1-17-8-10-21(11-9-17)30-26(31)23(19(3)28-30)16-27-24-13-12-22(15-25(24)34-4)35(32,33)29-20-7-5-6-18(2)14-20/h5-16,28-29H,1-4H3. The van der Waals surface area contributed by atoms with E-state index in [0.29, 0.717) is 22.6 Å². The van der Waals surface area contributed by atoms with Crippen LogP contribution in [0.5, 0.6) is 5.75 Å². The summed E-state index contributed by atoms with van der Waals surface area (Å²) >= 11 is 0. The average molecular weight is 491 g/mol. The summed E-state index contributed by atoms with van der Waals surface area (Å²) < 4.78 is 35.1. The Morgan fingerprint density at radius 3 is 2.40 bits per heavy atom. The predicted molar refractivity (Wildman–Crippen MR) is 138 cm³/mol. The van der Waals surface area contributed by atoms with Gasteiger partial charge in [-0.2, -0.15) is 0 Å². The first kappa shape index (κ1) is 24.0. The summed E-state index contributed by atoms with van der Waals surface area (Å²) in [4.78, 5) is 17.4. The molecule has 0 aliphatic heterocycles. The van der Waals surface area contributed by atoms with Crippen molar-refractivity contribution in [2.24, 2.45) is 4.99 Å². The van der Waals surface area contributed by atoms with Crippen LogP contribution in [0.2, 0.25) is 0 Å². The third-order valence-electron chi connectivity index (χ3n) is 5.47. The molecule has 4 aromatic rings. The van der Waals surface area contributed by atoms with E-state index in [0.717, 1.165) is 16.8 Å². The molecule has 2 N–H and O–H groups in total. The van der Waals surface area contributed by atoms with Crippen LogP contribution in [0.25, 0.3) is 5.69 Å². The summed E-state index contributed by atoms with van der Waals surface area (Å²) in [7, 11) is -2.40. The van der Waals surface area contributed by atoms with E-state index in [9.17, 15) is 13.2 Å². The van der Waals surface area contributed by atoms with Crippen LogP contribution in [0, 0.1) is 20.8 Å². The second kappa shape index (κ2) is 9.63. The van der Waals surface area contributed by atoms with E-state index in [1.165, 1.54) is 30.1 Å². The van der Waals surface area contributed by atoms with Gasteiger partial charge in [-0.15, -0.1) is 0 Å². The normalized spacial score (nSPS) is 11.7. The van der Waals surface area contributed by atoms with Gasteiger partial charge in [0, 0.05) is 23.7 Å². The zero-order valence-electron chi connectivity index (χ0n) is 19.9. The lowest BCUT2D eigenvalue weighted by atomic mass is 10.2. The third-order valence-corrected chi connectivity index (χ3v) is 6.85. The Labute approximate surface area is 204 Å². The summed E-state index contributed by atoms with van der Waals surface area (Å²) in [6, 6.07) is 19.1. The van der Waals surface area contributed by atoms with Gasteiger partial charge in [-0.25, -0.2) is 13.1 Å². The van der Waals surface area contributed by atoms with Gasteiger partial charge in [0.15, 0.2) is 0 Å². The number of nitrogens with zero attached hydrogens (tertiary/aromatic N) is 2. The van der Waals surface area contributed by atoms with Crippen LogP contribution in [0.4, 0.5) is 11.4 Å². The molecule has 1 aromatic heterocycles. The fourth-order valence-electron chi connectivity index (χ4n) is 3.58. The minimum Gasteiger partial charge on any atom is -0.494 e.